The summed E-state index contributed by atoms with van der Waals surface area (Å²) in [6, 6.07) is -0.618. The summed E-state index contributed by atoms with van der Waals surface area (Å²) in [5.41, 5.74) is 5.36. The van der Waals surface area contributed by atoms with E-state index >= 15 is 0 Å². The van der Waals surface area contributed by atoms with Crippen LogP contribution in [-0.2, 0) is 9.59 Å². The molecule has 0 spiro atoms. The molecule has 4 heteroatoms. The van der Waals surface area contributed by atoms with E-state index in [1.54, 1.807) is 6.92 Å². The van der Waals surface area contributed by atoms with E-state index in [0.29, 0.717) is 6.42 Å². The van der Waals surface area contributed by atoms with Gasteiger partial charge in [0.15, 0.2) is 0 Å². The number of carbonyl (C=O) groups excluding carboxylic acids is 2. The van der Waals surface area contributed by atoms with Crippen LogP contribution in [0, 0.1) is 0 Å². The van der Waals surface area contributed by atoms with Crippen molar-refractivity contribution in [2.24, 2.45) is 5.73 Å². The van der Waals surface area contributed by atoms with E-state index in [4.69, 9.17) is 5.73 Å². The van der Waals surface area contributed by atoms with E-state index in [0.717, 1.165) is 12.8 Å². The van der Waals surface area contributed by atoms with Crippen molar-refractivity contribution in [2.45, 2.75) is 84.1 Å². The fourth-order valence-corrected chi connectivity index (χ4v) is 1.91. The Hall–Kier alpha value is -0.900. The molecule has 0 aromatic rings. The van der Waals surface area contributed by atoms with Crippen LogP contribution < -0.4 is 11.1 Å². The molecule has 4 nitrogen and oxygen atoms in total. The Morgan fingerprint density at radius 3 is 1.89 bits per heavy atom. The molecule has 0 aliphatic carbocycles. The topological polar surface area (TPSA) is 72.2 Å². The highest BCUT2D eigenvalue weighted by atomic mass is 16.2. The molecular formula is C15H30N2O2. The van der Waals surface area contributed by atoms with Gasteiger partial charge in [-0.1, -0.05) is 58.3 Å². The summed E-state index contributed by atoms with van der Waals surface area (Å²) >= 11 is 0. The number of hydrogen-bond donors (Lipinski definition) is 2. The third-order valence-corrected chi connectivity index (χ3v) is 3.18. The second-order valence-corrected chi connectivity index (χ2v) is 5.28. The number of hydrogen-bond acceptors (Lipinski definition) is 3. The number of rotatable bonds is 11. The monoisotopic (exact) mass is 270 g/mol. The Morgan fingerprint density at radius 2 is 1.42 bits per heavy atom. The molecule has 0 rings (SSSR count). The van der Waals surface area contributed by atoms with Crippen molar-refractivity contribution >= 4 is 11.8 Å². The Kier molecular flexibility index (Phi) is 11.6. The van der Waals surface area contributed by atoms with E-state index in [2.05, 4.69) is 12.2 Å². The normalized spacial score (nSPS) is 12.2. The van der Waals surface area contributed by atoms with E-state index in [9.17, 15) is 9.59 Å². The molecule has 19 heavy (non-hydrogen) atoms. The molecule has 2 amide bonds. The second-order valence-electron chi connectivity index (χ2n) is 5.28. The van der Waals surface area contributed by atoms with Gasteiger partial charge in [-0.25, -0.2) is 0 Å². The Morgan fingerprint density at radius 1 is 0.947 bits per heavy atom. The highest BCUT2D eigenvalue weighted by molar-refractivity contribution is 5.97. The molecule has 0 aliphatic rings. The number of imide groups is 1. The van der Waals surface area contributed by atoms with Crippen molar-refractivity contribution in [1.29, 1.82) is 0 Å². The first-order valence-electron chi connectivity index (χ1n) is 7.67. The van der Waals surface area contributed by atoms with Crippen LogP contribution in [0.5, 0.6) is 0 Å². The summed E-state index contributed by atoms with van der Waals surface area (Å²) in [4.78, 5) is 22.5. The molecule has 1 unspecified atom stereocenters. The van der Waals surface area contributed by atoms with Gasteiger partial charge in [-0.2, -0.15) is 0 Å². The molecule has 0 saturated heterocycles. The minimum absolute atomic E-state index is 0.203. The molecule has 0 aromatic carbocycles. The summed E-state index contributed by atoms with van der Waals surface area (Å²) in [5, 5.41) is 2.30. The molecular weight excluding hydrogens is 240 g/mol. The maximum atomic E-state index is 11.4. The Balaban J connectivity index is 3.30. The number of carbonyl (C=O) groups is 2. The van der Waals surface area contributed by atoms with Crippen molar-refractivity contribution in [3.05, 3.63) is 0 Å². The fraction of sp³-hybridized carbons (Fsp3) is 0.867. The molecule has 0 fully saturated rings. The summed E-state index contributed by atoms with van der Waals surface area (Å²) in [5.74, 6) is -0.592. The lowest BCUT2D eigenvalue weighted by Crippen LogP contribution is -2.41. The van der Waals surface area contributed by atoms with Crippen molar-refractivity contribution in [2.75, 3.05) is 0 Å². The number of amides is 2. The quantitative estimate of drug-likeness (QED) is 0.567. The predicted molar refractivity (Wildman–Crippen MR) is 78.6 cm³/mol. The van der Waals surface area contributed by atoms with Crippen LogP contribution in [0.4, 0.5) is 0 Å². The lowest BCUT2D eigenvalue weighted by Gasteiger charge is -2.06. The highest BCUT2D eigenvalue weighted by Gasteiger charge is 2.10. The van der Waals surface area contributed by atoms with Gasteiger partial charge in [0, 0.05) is 6.42 Å². The molecule has 0 aliphatic heterocycles. The van der Waals surface area contributed by atoms with E-state index in [-0.39, 0.29) is 11.8 Å². The van der Waals surface area contributed by atoms with Crippen molar-refractivity contribution < 1.29 is 9.59 Å². The van der Waals surface area contributed by atoms with Crippen LogP contribution in [-0.4, -0.2) is 17.9 Å². The number of unbranched alkanes of at least 4 members (excludes halogenated alkanes) is 8. The standard InChI is InChI=1S/C15H30N2O2/c1-3-4-5-6-7-8-9-10-11-12-14(18)17-15(19)13(2)16/h13H,3-12,16H2,1-2H3,(H,17,18,19). The van der Waals surface area contributed by atoms with E-state index in [1.807, 2.05) is 0 Å². The van der Waals surface area contributed by atoms with Gasteiger partial charge in [0.25, 0.3) is 0 Å². The minimum atomic E-state index is -0.618. The first kappa shape index (κ1) is 18.1. The largest absolute Gasteiger partial charge is 0.320 e. The maximum Gasteiger partial charge on any atom is 0.243 e. The van der Waals surface area contributed by atoms with Crippen molar-refractivity contribution in [1.82, 2.24) is 5.32 Å². The van der Waals surface area contributed by atoms with Gasteiger partial charge in [-0.15, -0.1) is 0 Å². The fourth-order valence-electron chi connectivity index (χ4n) is 1.91. The van der Waals surface area contributed by atoms with Gasteiger partial charge in [-0.3, -0.25) is 14.9 Å². The molecule has 3 N–H and O–H groups in total. The lowest BCUT2D eigenvalue weighted by atomic mass is 10.1. The molecule has 1 atom stereocenters. The first-order chi connectivity index (χ1) is 9.07. The van der Waals surface area contributed by atoms with Crippen LogP contribution in [0.25, 0.3) is 0 Å². The average Bonchev–Trinajstić information content (AvgIpc) is 2.36. The van der Waals surface area contributed by atoms with Gasteiger partial charge in [-0.05, 0) is 13.3 Å². The first-order valence-corrected chi connectivity index (χ1v) is 7.67. The summed E-state index contributed by atoms with van der Waals surface area (Å²) in [7, 11) is 0. The smallest absolute Gasteiger partial charge is 0.243 e. The van der Waals surface area contributed by atoms with Crippen molar-refractivity contribution in [3.8, 4) is 0 Å². The van der Waals surface area contributed by atoms with Crippen molar-refractivity contribution in [3.63, 3.8) is 0 Å². The van der Waals surface area contributed by atoms with Gasteiger partial charge < -0.3 is 5.73 Å². The third-order valence-electron chi connectivity index (χ3n) is 3.18. The SMILES string of the molecule is CCCCCCCCCCCC(=O)NC(=O)C(C)N. The van der Waals surface area contributed by atoms with Gasteiger partial charge in [0.05, 0.1) is 6.04 Å². The van der Waals surface area contributed by atoms with Crippen LogP contribution >= 0.6 is 0 Å². The highest BCUT2D eigenvalue weighted by Crippen LogP contribution is 2.10. The molecule has 0 radical (unpaired) electrons. The predicted octanol–water partition coefficient (Wildman–Crippen LogP) is 2.90. The summed E-state index contributed by atoms with van der Waals surface area (Å²) < 4.78 is 0. The second kappa shape index (κ2) is 12.2. The van der Waals surface area contributed by atoms with E-state index < -0.39 is 6.04 Å². The molecule has 0 saturated carbocycles. The molecule has 112 valence electrons. The Labute approximate surface area is 117 Å². The average molecular weight is 270 g/mol. The molecule has 0 aromatic heterocycles. The third kappa shape index (κ3) is 11.9. The maximum absolute atomic E-state index is 11.4. The molecule has 0 bridgehead atoms. The van der Waals surface area contributed by atoms with E-state index in [1.165, 1.54) is 44.9 Å². The number of nitrogens with two attached hydrogens (primary N) is 1. The summed E-state index contributed by atoms with van der Waals surface area (Å²) in [6.07, 6.45) is 11.4. The minimum Gasteiger partial charge on any atom is -0.320 e. The zero-order chi connectivity index (χ0) is 14.5. The van der Waals surface area contributed by atoms with Crippen LogP contribution in [0.1, 0.15) is 78.1 Å². The van der Waals surface area contributed by atoms with Crippen LogP contribution in [0.2, 0.25) is 0 Å². The molecule has 0 heterocycles. The zero-order valence-electron chi connectivity index (χ0n) is 12.5. The Bertz CT molecular complexity index is 253. The lowest BCUT2D eigenvalue weighted by molar-refractivity contribution is -0.131. The van der Waals surface area contributed by atoms with Crippen LogP contribution in [0.3, 0.4) is 0 Å². The van der Waals surface area contributed by atoms with Gasteiger partial charge in [0.2, 0.25) is 11.8 Å². The van der Waals surface area contributed by atoms with Gasteiger partial charge in [0.1, 0.15) is 0 Å². The zero-order valence-corrected chi connectivity index (χ0v) is 12.5. The van der Waals surface area contributed by atoms with Crippen LogP contribution in [0.15, 0.2) is 0 Å². The number of nitrogens with one attached hydrogen (secondary N) is 1. The summed E-state index contributed by atoms with van der Waals surface area (Å²) in [6.45, 7) is 3.79. The van der Waals surface area contributed by atoms with Gasteiger partial charge >= 0.3 is 0 Å².